The first-order valence-corrected chi connectivity index (χ1v) is 5.74. The van der Waals surface area contributed by atoms with E-state index in [1.54, 1.807) is 6.07 Å². The van der Waals surface area contributed by atoms with Crippen molar-refractivity contribution in [1.82, 2.24) is 0 Å². The number of halogens is 2. The van der Waals surface area contributed by atoms with E-state index in [1.807, 2.05) is 42.3 Å². The third-order valence-electron chi connectivity index (χ3n) is 2.58. The molecule has 0 unspecified atom stereocenters. The molecule has 0 heterocycles. The van der Waals surface area contributed by atoms with E-state index in [4.69, 9.17) is 11.6 Å². The Labute approximate surface area is 105 Å². The molecule has 0 bridgehead atoms. The third kappa shape index (κ3) is 3.21. The van der Waals surface area contributed by atoms with E-state index in [0.29, 0.717) is 0 Å². The lowest BCUT2D eigenvalue weighted by atomic mass is 10.2. The second-order valence-corrected chi connectivity index (χ2v) is 4.40. The smallest absolute Gasteiger partial charge is 0.125 e. The molecule has 17 heavy (non-hydrogen) atoms. The monoisotopic (exact) mass is 249 g/mol. The van der Waals surface area contributed by atoms with E-state index in [-0.39, 0.29) is 5.82 Å². The second kappa shape index (κ2) is 5.19. The van der Waals surface area contributed by atoms with Gasteiger partial charge in [0.15, 0.2) is 0 Å². The molecule has 0 aliphatic carbocycles. The summed E-state index contributed by atoms with van der Waals surface area (Å²) < 4.78 is 13.1. The fraction of sp³-hybridized carbons (Fsp3) is 0.143. The Morgan fingerprint density at radius 2 is 1.82 bits per heavy atom. The van der Waals surface area contributed by atoms with E-state index in [1.165, 1.54) is 12.1 Å². The highest BCUT2D eigenvalue weighted by Gasteiger charge is 2.03. The molecule has 0 spiro atoms. The lowest BCUT2D eigenvalue weighted by Gasteiger charge is -2.19. The number of nitrogens with zero attached hydrogens (tertiary/aromatic N) is 1. The summed E-state index contributed by atoms with van der Waals surface area (Å²) in [6.45, 7) is 0.723. The minimum absolute atomic E-state index is 0.217. The van der Waals surface area contributed by atoms with Gasteiger partial charge in [-0.3, -0.25) is 0 Å². The zero-order valence-corrected chi connectivity index (χ0v) is 10.3. The molecular formula is C14H13ClFN. The Kier molecular flexibility index (Phi) is 3.64. The van der Waals surface area contributed by atoms with Crippen molar-refractivity contribution in [1.29, 1.82) is 0 Å². The largest absolute Gasteiger partial charge is 0.370 e. The van der Waals surface area contributed by atoms with Crippen molar-refractivity contribution < 1.29 is 4.39 Å². The molecule has 88 valence electrons. The maximum Gasteiger partial charge on any atom is 0.125 e. The van der Waals surface area contributed by atoms with Crippen molar-refractivity contribution in [3.63, 3.8) is 0 Å². The van der Waals surface area contributed by atoms with Crippen LogP contribution in [0.4, 0.5) is 10.1 Å². The lowest BCUT2D eigenvalue weighted by Crippen LogP contribution is -2.16. The predicted molar refractivity (Wildman–Crippen MR) is 70.0 cm³/mol. The van der Waals surface area contributed by atoms with Crippen LogP contribution >= 0.6 is 11.6 Å². The zero-order valence-electron chi connectivity index (χ0n) is 9.53. The molecule has 2 aromatic carbocycles. The van der Waals surface area contributed by atoms with Gasteiger partial charge in [0, 0.05) is 24.3 Å². The Bertz CT molecular complexity index is 496. The first-order valence-electron chi connectivity index (χ1n) is 5.36. The van der Waals surface area contributed by atoms with Crippen LogP contribution in [0.1, 0.15) is 5.56 Å². The summed E-state index contributed by atoms with van der Waals surface area (Å²) in [7, 11) is 1.93. The molecular weight excluding hydrogens is 237 g/mol. The third-order valence-corrected chi connectivity index (χ3v) is 2.83. The topological polar surface area (TPSA) is 3.24 Å². The van der Waals surface area contributed by atoms with Gasteiger partial charge in [0.25, 0.3) is 0 Å². The van der Waals surface area contributed by atoms with E-state index in [2.05, 4.69) is 0 Å². The van der Waals surface area contributed by atoms with Crippen LogP contribution in [0.25, 0.3) is 0 Å². The van der Waals surface area contributed by atoms with E-state index < -0.39 is 0 Å². The minimum atomic E-state index is -0.217. The van der Waals surface area contributed by atoms with Gasteiger partial charge in [-0.15, -0.1) is 0 Å². The van der Waals surface area contributed by atoms with Crippen molar-refractivity contribution in [3.8, 4) is 0 Å². The Morgan fingerprint density at radius 3 is 2.47 bits per heavy atom. The molecule has 0 aliphatic heterocycles. The maximum atomic E-state index is 13.1. The van der Waals surface area contributed by atoms with Crippen LogP contribution in [0.3, 0.4) is 0 Å². The quantitative estimate of drug-likeness (QED) is 0.791. The van der Waals surface area contributed by atoms with Gasteiger partial charge in [0.2, 0.25) is 0 Å². The predicted octanol–water partition coefficient (Wildman–Crippen LogP) is 4.12. The van der Waals surface area contributed by atoms with Crippen LogP contribution < -0.4 is 4.90 Å². The SMILES string of the molecule is CN(Cc1ccc(Cl)cc1)c1cccc(F)c1. The second-order valence-electron chi connectivity index (χ2n) is 3.96. The van der Waals surface area contributed by atoms with Gasteiger partial charge in [-0.25, -0.2) is 4.39 Å². The number of benzene rings is 2. The number of hydrogen-bond donors (Lipinski definition) is 0. The van der Waals surface area contributed by atoms with E-state index in [9.17, 15) is 4.39 Å². The molecule has 0 saturated carbocycles. The minimum Gasteiger partial charge on any atom is -0.370 e. The molecule has 0 atom stereocenters. The molecule has 3 heteroatoms. The molecule has 1 nitrogen and oxygen atoms in total. The van der Waals surface area contributed by atoms with Crippen molar-refractivity contribution in [2.24, 2.45) is 0 Å². The highest BCUT2D eigenvalue weighted by atomic mass is 35.5. The van der Waals surface area contributed by atoms with E-state index >= 15 is 0 Å². The average molecular weight is 250 g/mol. The Hall–Kier alpha value is -1.54. The summed E-state index contributed by atoms with van der Waals surface area (Å²) in [5.74, 6) is -0.217. The zero-order chi connectivity index (χ0) is 12.3. The number of hydrogen-bond acceptors (Lipinski definition) is 1. The summed E-state index contributed by atoms with van der Waals surface area (Å²) in [5, 5.41) is 0.724. The van der Waals surface area contributed by atoms with Gasteiger partial charge in [0.1, 0.15) is 5.82 Å². The van der Waals surface area contributed by atoms with Gasteiger partial charge in [0.05, 0.1) is 0 Å². The van der Waals surface area contributed by atoms with Gasteiger partial charge in [-0.05, 0) is 35.9 Å². The normalized spacial score (nSPS) is 10.3. The summed E-state index contributed by atoms with van der Waals surface area (Å²) in [4.78, 5) is 1.99. The van der Waals surface area contributed by atoms with Crippen molar-refractivity contribution in [3.05, 3.63) is 64.9 Å². The summed E-state index contributed by atoms with van der Waals surface area (Å²) in [5.41, 5.74) is 2.00. The van der Waals surface area contributed by atoms with Crippen molar-refractivity contribution in [2.75, 3.05) is 11.9 Å². The van der Waals surface area contributed by atoms with Crippen molar-refractivity contribution >= 4 is 17.3 Å². The average Bonchev–Trinajstić information content (AvgIpc) is 2.32. The molecule has 0 N–H and O–H groups in total. The van der Waals surface area contributed by atoms with Crippen molar-refractivity contribution in [2.45, 2.75) is 6.54 Å². The standard InChI is InChI=1S/C14H13ClFN/c1-17(14-4-2-3-13(16)9-14)10-11-5-7-12(15)8-6-11/h2-9H,10H2,1H3. The molecule has 0 aliphatic rings. The molecule has 0 saturated heterocycles. The van der Waals surface area contributed by atoms with Gasteiger partial charge in [-0.2, -0.15) is 0 Å². The molecule has 0 amide bonds. The summed E-state index contributed by atoms with van der Waals surface area (Å²) in [6.07, 6.45) is 0. The highest BCUT2D eigenvalue weighted by molar-refractivity contribution is 6.30. The molecule has 0 radical (unpaired) electrons. The first-order chi connectivity index (χ1) is 8.15. The molecule has 2 aromatic rings. The molecule has 2 rings (SSSR count). The van der Waals surface area contributed by atoms with Crippen LogP contribution in [0, 0.1) is 5.82 Å². The molecule has 0 fully saturated rings. The van der Waals surface area contributed by atoms with E-state index in [0.717, 1.165) is 22.8 Å². The van der Waals surface area contributed by atoms with Gasteiger partial charge < -0.3 is 4.90 Å². The fourth-order valence-corrected chi connectivity index (χ4v) is 1.79. The van der Waals surface area contributed by atoms with Gasteiger partial charge >= 0.3 is 0 Å². The summed E-state index contributed by atoms with van der Waals surface area (Å²) >= 11 is 5.82. The maximum absolute atomic E-state index is 13.1. The van der Waals surface area contributed by atoms with Crippen LogP contribution in [0.5, 0.6) is 0 Å². The Balaban J connectivity index is 2.11. The fourth-order valence-electron chi connectivity index (χ4n) is 1.67. The molecule has 0 aromatic heterocycles. The summed E-state index contributed by atoms with van der Waals surface area (Å²) in [6, 6.07) is 14.2. The number of rotatable bonds is 3. The number of anilines is 1. The van der Waals surface area contributed by atoms with Gasteiger partial charge in [-0.1, -0.05) is 29.8 Å². The highest BCUT2D eigenvalue weighted by Crippen LogP contribution is 2.17. The first kappa shape index (κ1) is 11.9. The lowest BCUT2D eigenvalue weighted by molar-refractivity contribution is 0.627. The van der Waals surface area contributed by atoms with Crippen LogP contribution in [-0.2, 0) is 6.54 Å². The van der Waals surface area contributed by atoms with Crippen LogP contribution in [0.2, 0.25) is 5.02 Å². The van der Waals surface area contributed by atoms with Crippen LogP contribution in [-0.4, -0.2) is 7.05 Å². The van der Waals surface area contributed by atoms with Crippen LogP contribution in [0.15, 0.2) is 48.5 Å². The Morgan fingerprint density at radius 1 is 1.12 bits per heavy atom.